The summed E-state index contributed by atoms with van der Waals surface area (Å²) in [6, 6.07) is 0. The molecule has 0 aromatic heterocycles. The summed E-state index contributed by atoms with van der Waals surface area (Å²) in [5, 5.41) is 0. The second-order valence-electron chi connectivity index (χ2n) is 3.16. The van der Waals surface area contributed by atoms with Gasteiger partial charge in [0.2, 0.25) is 5.60 Å². The SMILES string of the molecule is COC(=O)C1(OC)CCC(=O)CC1=O. The molecule has 1 aliphatic rings. The van der Waals surface area contributed by atoms with Crippen molar-refractivity contribution in [3.63, 3.8) is 0 Å². The van der Waals surface area contributed by atoms with Crippen molar-refractivity contribution in [2.45, 2.75) is 24.9 Å². The van der Waals surface area contributed by atoms with E-state index in [4.69, 9.17) is 4.74 Å². The number of ether oxygens (including phenoxy) is 2. The summed E-state index contributed by atoms with van der Waals surface area (Å²) in [6.07, 6.45) is 0.00542. The number of rotatable bonds is 2. The van der Waals surface area contributed by atoms with Crippen molar-refractivity contribution in [3.8, 4) is 0 Å². The molecule has 1 aliphatic carbocycles. The van der Waals surface area contributed by atoms with Crippen LogP contribution in [0.1, 0.15) is 19.3 Å². The highest BCUT2D eigenvalue weighted by Crippen LogP contribution is 2.27. The van der Waals surface area contributed by atoms with Gasteiger partial charge in [0.15, 0.2) is 5.78 Å². The van der Waals surface area contributed by atoms with Crippen LogP contribution in [-0.2, 0) is 23.9 Å². The molecule has 1 fully saturated rings. The van der Waals surface area contributed by atoms with Gasteiger partial charge in [0.1, 0.15) is 5.78 Å². The minimum Gasteiger partial charge on any atom is -0.467 e. The molecule has 0 amide bonds. The van der Waals surface area contributed by atoms with Crippen molar-refractivity contribution in [1.29, 1.82) is 0 Å². The Kier molecular flexibility index (Phi) is 3.00. The molecule has 0 aliphatic heterocycles. The molecule has 0 spiro atoms. The number of carbonyl (C=O) groups excluding carboxylic acids is 3. The van der Waals surface area contributed by atoms with Gasteiger partial charge in [-0.3, -0.25) is 9.59 Å². The fraction of sp³-hybridized carbons (Fsp3) is 0.667. The Balaban J connectivity index is 2.94. The summed E-state index contributed by atoms with van der Waals surface area (Å²) >= 11 is 0. The molecule has 78 valence electrons. The summed E-state index contributed by atoms with van der Waals surface area (Å²) in [6.45, 7) is 0. The van der Waals surface area contributed by atoms with Gasteiger partial charge in [-0.25, -0.2) is 4.79 Å². The lowest BCUT2D eigenvalue weighted by molar-refractivity contribution is -0.175. The first kappa shape index (κ1) is 10.8. The molecule has 5 heteroatoms. The van der Waals surface area contributed by atoms with E-state index in [1.165, 1.54) is 14.2 Å². The van der Waals surface area contributed by atoms with Crippen molar-refractivity contribution in [2.75, 3.05) is 14.2 Å². The van der Waals surface area contributed by atoms with E-state index in [-0.39, 0.29) is 25.0 Å². The summed E-state index contributed by atoms with van der Waals surface area (Å²) in [4.78, 5) is 33.8. The quantitative estimate of drug-likeness (QED) is 0.458. The van der Waals surface area contributed by atoms with E-state index in [1.807, 2.05) is 0 Å². The summed E-state index contributed by atoms with van der Waals surface area (Å²) in [5.41, 5.74) is -1.55. The molecule has 0 aromatic carbocycles. The number of carbonyl (C=O) groups is 3. The van der Waals surface area contributed by atoms with Gasteiger partial charge in [-0.15, -0.1) is 0 Å². The maximum absolute atomic E-state index is 11.5. The first-order valence-corrected chi connectivity index (χ1v) is 4.25. The largest absolute Gasteiger partial charge is 0.467 e. The standard InChI is InChI=1S/C9H12O5/c1-13-8(12)9(14-2)4-3-6(10)5-7(9)11/h3-5H2,1-2H3. The van der Waals surface area contributed by atoms with E-state index >= 15 is 0 Å². The van der Waals surface area contributed by atoms with Crippen molar-refractivity contribution in [3.05, 3.63) is 0 Å². The third-order valence-electron chi connectivity index (χ3n) is 2.43. The van der Waals surface area contributed by atoms with Crippen molar-refractivity contribution >= 4 is 17.5 Å². The third-order valence-corrected chi connectivity index (χ3v) is 2.43. The maximum Gasteiger partial charge on any atom is 0.345 e. The number of hydrogen-bond donors (Lipinski definition) is 0. The van der Waals surface area contributed by atoms with E-state index in [9.17, 15) is 14.4 Å². The van der Waals surface area contributed by atoms with Crippen LogP contribution in [0.2, 0.25) is 0 Å². The normalized spacial score (nSPS) is 27.6. The molecule has 0 N–H and O–H groups in total. The zero-order valence-corrected chi connectivity index (χ0v) is 8.16. The molecule has 0 aromatic rings. The Labute approximate surface area is 81.4 Å². The fourth-order valence-corrected chi connectivity index (χ4v) is 1.55. The first-order chi connectivity index (χ1) is 6.56. The Morgan fingerprint density at radius 2 is 2.00 bits per heavy atom. The highest BCUT2D eigenvalue weighted by molar-refractivity contribution is 6.15. The van der Waals surface area contributed by atoms with Gasteiger partial charge in [0.05, 0.1) is 13.5 Å². The van der Waals surface area contributed by atoms with Crippen molar-refractivity contribution < 1.29 is 23.9 Å². The summed E-state index contributed by atoms with van der Waals surface area (Å²) in [7, 11) is 2.46. The molecule has 0 saturated heterocycles. The molecular formula is C9H12O5. The smallest absolute Gasteiger partial charge is 0.345 e. The van der Waals surface area contributed by atoms with E-state index in [0.29, 0.717) is 0 Å². The number of hydrogen-bond acceptors (Lipinski definition) is 5. The number of ketones is 2. The predicted molar refractivity (Wildman–Crippen MR) is 45.6 cm³/mol. The van der Waals surface area contributed by atoms with Gasteiger partial charge in [0.25, 0.3) is 0 Å². The van der Waals surface area contributed by atoms with Crippen LogP contribution < -0.4 is 0 Å². The Morgan fingerprint density at radius 3 is 2.43 bits per heavy atom. The van der Waals surface area contributed by atoms with Gasteiger partial charge >= 0.3 is 5.97 Å². The molecule has 1 rings (SSSR count). The van der Waals surface area contributed by atoms with Crippen LogP contribution >= 0.6 is 0 Å². The number of methoxy groups -OCH3 is 2. The highest BCUT2D eigenvalue weighted by atomic mass is 16.6. The Hall–Kier alpha value is -1.23. The number of Topliss-reactive ketones (excluding diaryl/α,β-unsaturated/α-hetero) is 2. The minimum absolute atomic E-state index is 0.0772. The third kappa shape index (κ3) is 1.55. The minimum atomic E-state index is -1.55. The molecule has 14 heavy (non-hydrogen) atoms. The van der Waals surface area contributed by atoms with Crippen LogP contribution in [0.5, 0.6) is 0 Å². The molecule has 0 radical (unpaired) electrons. The van der Waals surface area contributed by atoms with Crippen LogP contribution in [0.4, 0.5) is 0 Å². The first-order valence-electron chi connectivity index (χ1n) is 4.25. The van der Waals surface area contributed by atoms with Crippen LogP contribution in [0.3, 0.4) is 0 Å². The van der Waals surface area contributed by atoms with Gasteiger partial charge < -0.3 is 9.47 Å². The zero-order valence-electron chi connectivity index (χ0n) is 8.16. The van der Waals surface area contributed by atoms with E-state index in [1.54, 1.807) is 0 Å². The highest BCUT2D eigenvalue weighted by Gasteiger charge is 2.50. The van der Waals surface area contributed by atoms with Gasteiger partial charge in [0, 0.05) is 20.0 Å². The van der Waals surface area contributed by atoms with E-state index < -0.39 is 17.4 Å². The summed E-state index contributed by atoms with van der Waals surface area (Å²) in [5.74, 6) is -1.40. The van der Waals surface area contributed by atoms with Gasteiger partial charge in [-0.2, -0.15) is 0 Å². The summed E-state index contributed by atoms with van der Waals surface area (Å²) < 4.78 is 9.41. The van der Waals surface area contributed by atoms with Crippen LogP contribution in [0.15, 0.2) is 0 Å². The Bertz CT molecular complexity index is 283. The van der Waals surface area contributed by atoms with Crippen molar-refractivity contribution in [2.24, 2.45) is 0 Å². The second kappa shape index (κ2) is 3.88. The van der Waals surface area contributed by atoms with Crippen LogP contribution in [0, 0.1) is 0 Å². The van der Waals surface area contributed by atoms with E-state index in [0.717, 1.165) is 0 Å². The van der Waals surface area contributed by atoms with Gasteiger partial charge in [-0.1, -0.05) is 0 Å². The monoisotopic (exact) mass is 200 g/mol. The van der Waals surface area contributed by atoms with Gasteiger partial charge in [-0.05, 0) is 0 Å². The average molecular weight is 200 g/mol. The lowest BCUT2D eigenvalue weighted by Gasteiger charge is -2.30. The lowest BCUT2D eigenvalue weighted by Crippen LogP contribution is -2.52. The molecule has 1 saturated carbocycles. The molecular weight excluding hydrogens is 188 g/mol. The van der Waals surface area contributed by atoms with Crippen LogP contribution in [0.25, 0.3) is 0 Å². The fourth-order valence-electron chi connectivity index (χ4n) is 1.55. The molecule has 0 heterocycles. The number of esters is 1. The molecule has 1 atom stereocenters. The zero-order chi connectivity index (χ0) is 10.8. The predicted octanol–water partition coefficient (Wildman–Crippen LogP) is -0.133. The molecule has 0 bridgehead atoms. The average Bonchev–Trinajstić information content (AvgIpc) is 2.18. The Morgan fingerprint density at radius 1 is 1.36 bits per heavy atom. The van der Waals surface area contributed by atoms with Crippen molar-refractivity contribution in [1.82, 2.24) is 0 Å². The molecule has 5 nitrogen and oxygen atoms in total. The van der Waals surface area contributed by atoms with Crippen LogP contribution in [-0.4, -0.2) is 37.4 Å². The lowest BCUT2D eigenvalue weighted by atomic mass is 9.82. The van der Waals surface area contributed by atoms with E-state index in [2.05, 4.69) is 4.74 Å². The maximum atomic E-state index is 11.5. The molecule has 1 unspecified atom stereocenters. The second-order valence-corrected chi connectivity index (χ2v) is 3.16. The topological polar surface area (TPSA) is 69.7 Å².